The van der Waals surface area contributed by atoms with Crippen molar-refractivity contribution < 1.29 is 14.6 Å². The summed E-state index contributed by atoms with van der Waals surface area (Å²) in [6.45, 7) is 3.92. The highest BCUT2D eigenvalue weighted by Gasteiger charge is 2.53. The number of nitrogens with zero attached hydrogens (tertiary/aromatic N) is 4. The van der Waals surface area contributed by atoms with Crippen molar-refractivity contribution in [3.8, 4) is 0 Å². The summed E-state index contributed by atoms with van der Waals surface area (Å²) in [5.41, 5.74) is 2.86. The Labute approximate surface area is 252 Å². The van der Waals surface area contributed by atoms with E-state index in [0.717, 1.165) is 51.3 Å². The summed E-state index contributed by atoms with van der Waals surface area (Å²) < 4.78 is 8.37. The molecular formula is C31H37Cl2N5O3. The molecule has 1 aliphatic carbocycles. The second-order valence-electron chi connectivity index (χ2n) is 10.7. The lowest BCUT2D eigenvalue weighted by Crippen LogP contribution is -2.38. The Balaban J connectivity index is 0.00000194. The van der Waals surface area contributed by atoms with Crippen LogP contribution in [0.15, 0.2) is 79.0 Å². The van der Waals surface area contributed by atoms with Crippen molar-refractivity contribution >= 4 is 42.2 Å². The lowest BCUT2D eigenvalue weighted by molar-refractivity contribution is -0.140. The maximum absolute atomic E-state index is 11.6. The summed E-state index contributed by atoms with van der Waals surface area (Å²) in [5, 5.41) is 17.5. The fourth-order valence-electron chi connectivity index (χ4n) is 5.50. The van der Waals surface area contributed by atoms with Crippen LogP contribution in [0.3, 0.4) is 0 Å². The zero-order chi connectivity index (χ0) is 26.7. The number of anilines is 1. The molecule has 2 fully saturated rings. The number of fused-ring (bicyclic) bond motifs is 1. The second kappa shape index (κ2) is 13.7. The average molecular weight is 599 g/mol. The number of nitrogens with one attached hydrogen (secondary N) is 1. The first-order valence-electron chi connectivity index (χ1n) is 13.9. The standard InChI is InChI=1S/C31H35N5O3.2ClH/c37-30(38)31(16-17-31)26-22-36-28(33-26)13-12-27(34-36)32-18-7-19-35-20-14-25(15-21-35)39-29(23-8-3-1-4-9-23)24-10-5-2-6-11-24;;/h1-6,8-13,22,25,29H,7,14-21H2,(H,32,34)(H,37,38);2*1H. The molecule has 218 valence electrons. The Morgan fingerprint density at radius 1 is 0.976 bits per heavy atom. The van der Waals surface area contributed by atoms with Gasteiger partial charge in [-0.1, -0.05) is 60.7 Å². The van der Waals surface area contributed by atoms with Gasteiger partial charge >= 0.3 is 5.97 Å². The van der Waals surface area contributed by atoms with Gasteiger partial charge in [-0.05, 0) is 61.9 Å². The van der Waals surface area contributed by atoms with Gasteiger partial charge in [-0.3, -0.25) is 4.79 Å². The van der Waals surface area contributed by atoms with Gasteiger partial charge in [0, 0.05) is 19.6 Å². The number of carboxylic acid groups (broad SMARTS) is 1. The van der Waals surface area contributed by atoms with Crippen LogP contribution in [0.25, 0.3) is 5.65 Å². The van der Waals surface area contributed by atoms with Gasteiger partial charge in [-0.15, -0.1) is 29.9 Å². The maximum atomic E-state index is 11.6. The number of likely N-dealkylation sites (tertiary alicyclic amines) is 1. The minimum atomic E-state index is -0.816. The number of benzene rings is 2. The zero-order valence-electron chi connectivity index (χ0n) is 22.9. The highest BCUT2D eigenvalue weighted by atomic mass is 35.5. The van der Waals surface area contributed by atoms with Gasteiger partial charge in [0.1, 0.15) is 17.3 Å². The van der Waals surface area contributed by atoms with E-state index in [1.807, 2.05) is 24.3 Å². The predicted molar refractivity (Wildman–Crippen MR) is 164 cm³/mol. The molecule has 0 radical (unpaired) electrons. The van der Waals surface area contributed by atoms with Gasteiger partial charge in [0.2, 0.25) is 0 Å². The number of piperidine rings is 1. The van der Waals surface area contributed by atoms with E-state index < -0.39 is 11.4 Å². The van der Waals surface area contributed by atoms with Crippen LogP contribution >= 0.6 is 24.8 Å². The molecular weight excluding hydrogens is 561 g/mol. The molecule has 10 heteroatoms. The van der Waals surface area contributed by atoms with Gasteiger partial charge in [-0.2, -0.15) is 0 Å². The number of ether oxygens (including phenoxy) is 1. The molecule has 2 aromatic heterocycles. The van der Waals surface area contributed by atoms with Crippen LogP contribution in [-0.4, -0.2) is 62.9 Å². The van der Waals surface area contributed by atoms with Crippen LogP contribution < -0.4 is 5.32 Å². The van der Waals surface area contributed by atoms with E-state index in [4.69, 9.17) is 4.74 Å². The summed E-state index contributed by atoms with van der Waals surface area (Å²) >= 11 is 0. The van der Waals surface area contributed by atoms with Crippen molar-refractivity contribution in [2.75, 3.05) is 31.5 Å². The summed E-state index contributed by atoms with van der Waals surface area (Å²) in [5.74, 6) is -0.0290. The Bertz CT molecular complexity index is 1370. The van der Waals surface area contributed by atoms with E-state index in [0.29, 0.717) is 24.2 Å². The number of hydrogen-bond donors (Lipinski definition) is 2. The quantitative estimate of drug-likeness (QED) is 0.212. The molecule has 0 amide bonds. The van der Waals surface area contributed by atoms with Crippen molar-refractivity contribution in [3.05, 3.63) is 95.8 Å². The van der Waals surface area contributed by atoms with Crippen LogP contribution in [-0.2, 0) is 14.9 Å². The second-order valence-corrected chi connectivity index (χ2v) is 10.7. The Morgan fingerprint density at radius 2 is 1.61 bits per heavy atom. The molecule has 8 nitrogen and oxygen atoms in total. The molecule has 41 heavy (non-hydrogen) atoms. The van der Waals surface area contributed by atoms with Crippen molar-refractivity contribution in [3.63, 3.8) is 0 Å². The molecule has 0 unspecified atom stereocenters. The molecule has 4 aromatic rings. The summed E-state index contributed by atoms with van der Waals surface area (Å²) in [6.07, 6.45) is 6.32. The molecule has 0 atom stereocenters. The number of aromatic nitrogens is 3. The molecule has 3 heterocycles. The van der Waals surface area contributed by atoms with Gasteiger partial charge in [0.15, 0.2) is 5.65 Å². The third-order valence-electron chi connectivity index (χ3n) is 7.99. The van der Waals surface area contributed by atoms with Crippen LogP contribution in [0.1, 0.15) is 55.0 Å². The summed E-state index contributed by atoms with van der Waals surface area (Å²) in [4.78, 5) is 18.6. The molecule has 1 saturated heterocycles. The smallest absolute Gasteiger partial charge is 0.315 e. The SMILES string of the molecule is Cl.Cl.O=C(O)C1(c2cn3nc(NCCCN4CCC(OC(c5ccccc5)c5ccccc5)CC4)ccc3n2)CC1. The topological polar surface area (TPSA) is 92.0 Å². The molecule has 2 aliphatic rings. The largest absolute Gasteiger partial charge is 0.481 e. The fraction of sp³-hybridized carbons (Fsp3) is 0.387. The number of imidazole rings is 1. The Kier molecular flexibility index (Phi) is 10.3. The van der Waals surface area contributed by atoms with Crippen LogP contribution in [0.5, 0.6) is 0 Å². The minimum Gasteiger partial charge on any atom is -0.481 e. The van der Waals surface area contributed by atoms with E-state index in [-0.39, 0.29) is 37.0 Å². The molecule has 0 bridgehead atoms. The van der Waals surface area contributed by atoms with E-state index in [1.165, 1.54) is 11.1 Å². The van der Waals surface area contributed by atoms with E-state index in [2.05, 4.69) is 68.8 Å². The fourth-order valence-corrected chi connectivity index (χ4v) is 5.50. The first kappa shape index (κ1) is 30.8. The lowest BCUT2D eigenvalue weighted by Gasteiger charge is -2.34. The van der Waals surface area contributed by atoms with Gasteiger partial charge in [0.05, 0.1) is 18.0 Å². The number of halogens is 2. The van der Waals surface area contributed by atoms with E-state index in [9.17, 15) is 9.90 Å². The van der Waals surface area contributed by atoms with Gasteiger partial charge < -0.3 is 20.1 Å². The van der Waals surface area contributed by atoms with Gasteiger partial charge in [-0.25, -0.2) is 9.50 Å². The molecule has 2 N–H and O–H groups in total. The van der Waals surface area contributed by atoms with E-state index >= 15 is 0 Å². The molecule has 2 aromatic carbocycles. The van der Waals surface area contributed by atoms with Crippen LogP contribution in [0, 0.1) is 0 Å². The highest BCUT2D eigenvalue weighted by molar-refractivity contribution is 5.85. The Morgan fingerprint density at radius 3 is 2.20 bits per heavy atom. The number of carboxylic acids is 1. The molecule has 1 aliphatic heterocycles. The number of hydrogen-bond acceptors (Lipinski definition) is 6. The first-order valence-corrected chi connectivity index (χ1v) is 13.9. The van der Waals surface area contributed by atoms with Crippen LogP contribution in [0.4, 0.5) is 5.82 Å². The van der Waals surface area contributed by atoms with Crippen LogP contribution in [0.2, 0.25) is 0 Å². The Hall–Kier alpha value is -3.17. The van der Waals surface area contributed by atoms with Crippen molar-refractivity contribution in [1.29, 1.82) is 0 Å². The normalized spacial score (nSPS) is 16.6. The van der Waals surface area contributed by atoms with Crippen molar-refractivity contribution in [1.82, 2.24) is 19.5 Å². The third-order valence-corrected chi connectivity index (χ3v) is 7.99. The summed E-state index contributed by atoms with van der Waals surface area (Å²) in [7, 11) is 0. The molecule has 1 saturated carbocycles. The molecule has 6 rings (SSSR count). The maximum Gasteiger partial charge on any atom is 0.315 e. The predicted octanol–water partition coefficient (Wildman–Crippen LogP) is 5.76. The number of aliphatic carboxylic acids is 1. The highest BCUT2D eigenvalue weighted by Crippen LogP contribution is 2.47. The number of rotatable bonds is 11. The number of carbonyl (C=O) groups is 1. The minimum absolute atomic E-state index is 0. The monoisotopic (exact) mass is 597 g/mol. The zero-order valence-corrected chi connectivity index (χ0v) is 24.5. The van der Waals surface area contributed by atoms with Crippen molar-refractivity contribution in [2.45, 2.75) is 49.7 Å². The van der Waals surface area contributed by atoms with E-state index in [1.54, 1.807) is 10.7 Å². The lowest BCUT2D eigenvalue weighted by atomic mass is 10.00. The van der Waals surface area contributed by atoms with Crippen molar-refractivity contribution in [2.24, 2.45) is 0 Å². The average Bonchev–Trinajstić information content (AvgIpc) is 3.69. The molecule has 0 spiro atoms. The third kappa shape index (κ3) is 7.01. The summed E-state index contributed by atoms with van der Waals surface area (Å²) in [6, 6.07) is 24.8. The first-order chi connectivity index (χ1) is 19.1. The van der Waals surface area contributed by atoms with Gasteiger partial charge in [0.25, 0.3) is 0 Å².